The minimum Gasteiger partial charge on any atom is -0.499 e. The van der Waals surface area contributed by atoms with E-state index in [0.717, 1.165) is 12.1 Å². The van der Waals surface area contributed by atoms with Crippen molar-refractivity contribution in [3.05, 3.63) is 72.5 Å². The zero-order valence-corrected chi connectivity index (χ0v) is 16.8. The number of rotatable bonds is 13. The van der Waals surface area contributed by atoms with Crippen LogP contribution in [0.5, 0.6) is 0 Å². The van der Waals surface area contributed by atoms with E-state index >= 15 is 0 Å². The van der Waals surface area contributed by atoms with Crippen LogP contribution >= 0.6 is 0 Å². The molecule has 9 heteroatoms. The number of halogens is 3. The number of ether oxygens (including phenoxy) is 4. The standard InChI is InChI=1S/C22H24F3NO5/c1-2-28-10-11-29-12-13-30-14-15-31-21(27)19-8-3-4-9-20(19)26-18-7-5-6-17(16-18)22(23,24)25/h2-9,16,26H,1,10-15H2. The lowest BCUT2D eigenvalue weighted by atomic mass is 10.1. The summed E-state index contributed by atoms with van der Waals surface area (Å²) in [5.41, 5.74) is -0.0443. The van der Waals surface area contributed by atoms with Gasteiger partial charge in [-0.05, 0) is 30.3 Å². The predicted octanol–water partition coefficient (Wildman–Crippen LogP) is 4.80. The molecule has 0 fully saturated rings. The van der Waals surface area contributed by atoms with Gasteiger partial charge in [-0.15, -0.1) is 0 Å². The molecule has 0 spiro atoms. The highest BCUT2D eigenvalue weighted by atomic mass is 19.4. The Kier molecular flexibility index (Phi) is 9.86. The Morgan fingerprint density at radius 2 is 1.61 bits per heavy atom. The van der Waals surface area contributed by atoms with Crippen molar-refractivity contribution in [2.24, 2.45) is 0 Å². The average molecular weight is 439 g/mol. The van der Waals surface area contributed by atoms with Crippen molar-refractivity contribution in [1.29, 1.82) is 0 Å². The van der Waals surface area contributed by atoms with Crippen LogP contribution in [0.3, 0.4) is 0 Å². The highest BCUT2D eigenvalue weighted by Gasteiger charge is 2.30. The number of para-hydroxylation sites is 1. The maximum Gasteiger partial charge on any atom is 0.416 e. The van der Waals surface area contributed by atoms with E-state index in [1.807, 2.05) is 0 Å². The molecule has 6 nitrogen and oxygen atoms in total. The third-order valence-corrected chi connectivity index (χ3v) is 3.91. The topological polar surface area (TPSA) is 66.0 Å². The lowest BCUT2D eigenvalue weighted by molar-refractivity contribution is -0.137. The first-order chi connectivity index (χ1) is 14.9. The van der Waals surface area contributed by atoms with Crippen LogP contribution < -0.4 is 5.32 Å². The summed E-state index contributed by atoms with van der Waals surface area (Å²) in [4.78, 5) is 12.4. The zero-order valence-electron chi connectivity index (χ0n) is 16.8. The van der Waals surface area contributed by atoms with Gasteiger partial charge in [0, 0.05) is 5.69 Å². The summed E-state index contributed by atoms with van der Waals surface area (Å²) in [6.07, 6.45) is -3.12. The fraction of sp³-hybridized carbons (Fsp3) is 0.318. The second-order valence-electron chi connectivity index (χ2n) is 6.15. The third-order valence-electron chi connectivity index (χ3n) is 3.91. The molecule has 2 rings (SSSR count). The van der Waals surface area contributed by atoms with Crippen LogP contribution in [0.4, 0.5) is 24.5 Å². The molecule has 168 valence electrons. The highest BCUT2D eigenvalue weighted by Crippen LogP contribution is 2.31. The van der Waals surface area contributed by atoms with Crippen LogP contribution in [0.25, 0.3) is 0 Å². The van der Waals surface area contributed by atoms with E-state index in [4.69, 9.17) is 18.9 Å². The van der Waals surface area contributed by atoms with Gasteiger partial charge in [0.1, 0.15) is 13.2 Å². The molecule has 0 atom stereocenters. The van der Waals surface area contributed by atoms with E-state index in [0.29, 0.717) is 32.1 Å². The average Bonchev–Trinajstić information content (AvgIpc) is 2.75. The summed E-state index contributed by atoms with van der Waals surface area (Å²) in [6, 6.07) is 11.1. The number of carbonyl (C=O) groups excluding carboxylic acids is 1. The van der Waals surface area contributed by atoms with Crippen LogP contribution in [0.1, 0.15) is 15.9 Å². The Morgan fingerprint density at radius 3 is 2.32 bits per heavy atom. The Bertz CT molecular complexity index is 842. The molecule has 0 aliphatic heterocycles. The molecule has 0 saturated heterocycles. The van der Waals surface area contributed by atoms with Crippen molar-refractivity contribution in [1.82, 2.24) is 0 Å². The molecule has 0 aliphatic carbocycles. The predicted molar refractivity (Wildman–Crippen MR) is 109 cm³/mol. The highest BCUT2D eigenvalue weighted by molar-refractivity contribution is 5.96. The van der Waals surface area contributed by atoms with Crippen molar-refractivity contribution in [3.63, 3.8) is 0 Å². The van der Waals surface area contributed by atoms with E-state index in [1.165, 1.54) is 24.5 Å². The number of hydrogen-bond donors (Lipinski definition) is 1. The molecule has 0 unspecified atom stereocenters. The molecule has 0 bridgehead atoms. The first kappa shape index (κ1) is 24.2. The van der Waals surface area contributed by atoms with Crippen LogP contribution in [-0.2, 0) is 25.1 Å². The van der Waals surface area contributed by atoms with Gasteiger partial charge in [-0.2, -0.15) is 13.2 Å². The fourth-order valence-corrected chi connectivity index (χ4v) is 2.48. The van der Waals surface area contributed by atoms with Gasteiger partial charge in [0.15, 0.2) is 0 Å². The molecule has 2 aromatic carbocycles. The molecule has 31 heavy (non-hydrogen) atoms. The second kappa shape index (κ2) is 12.6. The van der Waals surface area contributed by atoms with Crippen molar-refractivity contribution < 1.29 is 36.9 Å². The summed E-state index contributed by atoms with van der Waals surface area (Å²) in [5.74, 6) is -0.614. The lowest BCUT2D eigenvalue weighted by Gasteiger charge is -2.13. The van der Waals surface area contributed by atoms with Crippen molar-refractivity contribution >= 4 is 17.3 Å². The van der Waals surface area contributed by atoms with E-state index < -0.39 is 17.7 Å². The van der Waals surface area contributed by atoms with Crippen LogP contribution in [0.15, 0.2) is 61.4 Å². The summed E-state index contributed by atoms with van der Waals surface area (Å²) >= 11 is 0. The number of anilines is 2. The Morgan fingerprint density at radius 1 is 0.935 bits per heavy atom. The largest absolute Gasteiger partial charge is 0.499 e. The fourth-order valence-electron chi connectivity index (χ4n) is 2.48. The number of carbonyl (C=O) groups is 1. The van der Waals surface area contributed by atoms with Gasteiger partial charge in [-0.3, -0.25) is 0 Å². The summed E-state index contributed by atoms with van der Waals surface area (Å²) in [6.45, 7) is 5.15. The van der Waals surface area contributed by atoms with E-state index in [1.54, 1.807) is 18.2 Å². The van der Waals surface area contributed by atoms with Gasteiger partial charge in [0.25, 0.3) is 0 Å². The Hall–Kier alpha value is -3.04. The van der Waals surface area contributed by atoms with E-state index in [2.05, 4.69) is 11.9 Å². The van der Waals surface area contributed by atoms with Crippen LogP contribution in [-0.4, -0.2) is 45.6 Å². The maximum atomic E-state index is 12.9. The molecule has 0 heterocycles. The molecule has 0 aromatic heterocycles. The molecular weight excluding hydrogens is 415 g/mol. The number of benzene rings is 2. The minimum absolute atomic E-state index is 0.0241. The number of nitrogens with one attached hydrogen (secondary N) is 1. The van der Waals surface area contributed by atoms with Crippen LogP contribution in [0, 0.1) is 0 Å². The number of hydrogen-bond acceptors (Lipinski definition) is 6. The molecule has 0 radical (unpaired) electrons. The van der Waals surface area contributed by atoms with E-state index in [9.17, 15) is 18.0 Å². The Labute approximate surface area is 178 Å². The van der Waals surface area contributed by atoms with Crippen molar-refractivity contribution in [2.75, 3.05) is 45.0 Å². The summed E-state index contributed by atoms with van der Waals surface area (Å²) in [7, 11) is 0. The SMILES string of the molecule is C=COCCOCCOCCOC(=O)c1ccccc1Nc1cccc(C(F)(F)F)c1. The molecule has 1 N–H and O–H groups in total. The lowest BCUT2D eigenvalue weighted by Crippen LogP contribution is -2.14. The van der Waals surface area contributed by atoms with Crippen molar-refractivity contribution in [2.45, 2.75) is 6.18 Å². The third kappa shape index (κ3) is 8.69. The van der Waals surface area contributed by atoms with Gasteiger partial charge in [0.2, 0.25) is 0 Å². The van der Waals surface area contributed by atoms with Crippen molar-refractivity contribution in [3.8, 4) is 0 Å². The normalized spacial score (nSPS) is 11.1. The number of alkyl halides is 3. The minimum atomic E-state index is -4.46. The van der Waals surface area contributed by atoms with Gasteiger partial charge in [0.05, 0.1) is 49.5 Å². The Balaban J connectivity index is 1.81. The summed E-state index contributed by atoms with van der Waals surface area (Å²) < 4.78 is 59.4. The first-order valence-electron chi connectivity index (χ1n) is 9.50. The van der Waals surface area contributed by atoms with Gasteiger partial charge in [-0.25, -0.2) is 4.79 Å². The van der Waals surface area contributed by atoms with E-state index in [-0.39, 0.29) is 24.5 Å². The number of esters is 1. The first-order valence-corrected chi connectivity index (χ1v) is 9.50. The van der Waals surface area contributed by atoms with Gasteiger partial charge < -0.3 is 24.3 Å². The van der Waals surface area contributed by atoms with Crippen LogP contribution in [0.2, 0.25) is 0 Å². The smallest absolute Gasteiger partial charge is 0.416 e. The zero-order chi connectivity index (χ0) is 22.5. The molecule has 0 saturated carbocycles. The monoisotopic (exact) mass is 439 g/mol. The molecule has 2 aromatic rings. The summed E-state index contributed by atoms with van der Waals surface area (Å²) in [5, 5.41) is 2.84. The molecule has 0 amide bonds. The van der Waals surface area contributed by atoms with Gasteiger partial charge in [-0.1, -0.05) is 24.8 Å². The molecule has 0 aliphatic rings. The quantitative estimate of drug-likeness (QED) is 0.275. The maximum absolute atomic E-state index is 12.9. The van der Waals surface area contributed by atoms with Gasteiger partial charge >= 0.3 is 12.1 Å². The second-order valence-corrected chi connectivity index (χ2v) is 6.15. The molecular formula is C22H24F3NO5.